The van der Waals surface area contributed by atoms with Gasteiger partial charge in [-0.1, -0.05) is 19.0 Å². The maximum atomic E-state index is 14.3. The maximum absolute atomic E-state index is 14.3. The summed E-state index contributed by atoms with van der Waals surface area (Å²) in [6.07, 6.45) is 8.59. The lowest BCUT2D eigenvalue weighted by molar-refractivity contribution is -0.128. The molecule has 3 heterocycles. The first kappa shape index (κ1) is 29.1. The van der Waals surface area contributed by atoms with E-state index in [9.17, 15) is 23.5 Å². The molecular weight excluding hydrogens is 530 g/mol. The Bertz CT molecular complexity index is 1410. The highest BCUT2D eigenvalue weighted by Crippen LogP contribution is 2.44. The number of nitrogens with zero attached hydrogens (tertiary/aromatic N) is 4. The Hall–Kier alpha value is -3.37. The van der Waals surface area contributed by atoms with Gasteiger partial charge in [-0.15, -0.1) is 0 Å². The zero-order valence-corrected chi connectivity index (χ0v) is 23.7. The van der Waals surface area contributed by atoms with Crippen molar-refractivity contribution in [1.82, 2.24) is 20.0 Å². The largest absolute Gasteiger partial charge is 0.390 e. The van der Waals surface area contributed by atoms with Gasteiger partial charge in [0.15, 0.2) is 11.5 Å². The first-order chi connectivity index (χ1) is 19.3. The number of benzene rings is 1. The standard InChI is InChI=1S/C31H36F2N4O4/c1-29(2,28-17-34-10-11-35-28)14-22(38)15-31(18-37(19-31)21-6-8-30(3,40)9-7-21)16-26(39)25-13-27(41-36-25)23-5-4-20(32)12-24(23)33/h4-5,10-13,17,21,40H,6-9,14-16,18-19H2,1-3H3. The smallest absolute Gasteiger partial charge is 0.185 e. The van der Waals surface area contributed by atoms with E-state index in [0.717, 1.165) is 30.7 Å². The molecule has 218 valence electrons. The summed E-state index contributed by atoms with van der Waals surface area (Å²) in [7, 11) is 0. The van der Waals surface area contributed by atoms with E-state index in [-0.39, 0.29) is 47.8 Å². The molecule has 0 amide bonds. The Morgan fingerprint density at radius 2 is 1.85 bits per heavy atom. The van der Waals surface area contributed by atoms with Gasteiger partial charge in [0.05, 0.1) is 16.9 Å². The second-order valence-electron chi connectivity index (χ2n) is 12.8. The first-order valence-electron chi connectivity index (χ1n) is 14.0. The molecule has 1 N–H and O–H groups in total. The van der Waals surface area contributed by atoms with Crippen molar-refractivity contribution >= 4 is 11.6 Å². The third kappa shape index (κ3) is 6.59. The minimum atomic E-state index is -0.811. The van der Waals surface area contributed by atoms with Gasteiger partial charge in [0.1, 0.15) is 23.1 Å². The van der Waals surface area contributed by atoms with Crippen molar-refractivity contribution in [2.24, 2.45) is 5.41 Å². The Morgan fingerprint density at radius 1 is 1.12 bits per heavy atom. The summed E-state index contributed by atoms with van der Waals surface area (Å²) < 4.78 is 32.9. The third-order valence-corrected chi connectivity index (χ3v) is 8.62. The van der Waals surface area contributed by atoms with Gasteiger partial charge in [0.2, 0.25) is 0 Å². The van der Waals surface area contributed by atoms with E-state index >= 15 is 0 Å². The molecule has 1 aliphatic heterocycles. The number of aromatic nitrogens is 3. The van der Waals surface area contributed by atoms with Crippen molar-refractivity contribution in [1.29, 1.82) is 0 Å². The van der Waals surface area contributed by atoms with Crippen LogP contribution in [0.4, 0.5) is 8.78 Å². The van der Waals surface area contributed by atoms with Gasteiger partial charge in [-0.05, 0) is 44.7 Å². The Balaban J connectivity index is 1.31. The Kier molecular flexibility index (Phi) is 7.91. The van der Waals surface area contributed by atoms with Crippen molar-refractivity contribution < 1.29 is 28.0 Å². The average molecular weight is 567 g/mol. The Morgan fingerprint density at radius 3 is 2.51 bits per heavy atom. The number of hydrogen-bond donors (Lipinski definition) is 1. The molecule has 2 aliphatic rings. The zero-order chi connectivity index (χ0) is 29.4. The molecule has 41 heavy (non-hydrogen) atoms. The van der Waals surface area contributed by atoms with Gasteiger partial charge < -0.3 is 9.63 Å². The minimum Gasteiger partial charge on any atom is -0.390 e. The summed E-state index contributed by atoms with van der Waals surface area (Å²) in [5.74, 6) is -1.75. The molecule has 1 saturated heterocycles. The minimum absolute atomic E-state index is 0.0112. The molecule has 1 aromatic carbocycles. The molecule has 0 spiro atoms. The van der Waals surface area contributed by atoms with Crippen LogP contribution in [0.25, 0.3) is 11.3 Å². The predicted molar refractivity (Wildman–Crippen MR) is 147 cm³/mol. The second kappa shape index (κ2) is 11.1. The molecule has 0 atom stereocenters. The number of likely N-dealkylation sites (tertiary alicyclic amines) is 1. The summed E-state index contributed by atoms with van der Waals surface area (Å²) in [6.45, 7) is 6.95. The molecule has 2 aromatic heterocycles. The van der Waals surface area contributed by atoms with Crippen molar-refractivity contribution in [2.75, 3.05) is 13.1 Å². The fraction of sp³-hybridized carbons (Fsp3) is 0.516. The van der Waals surface area contributed by atoms with Crippen LogP contribution >= 0.6 is 0 Å². The molecule has 2 fully saturated rings. The number of rotatable bonds is 10. The van der Waals surface area contributed by atoms with E-state index < -0.39 is 28.1 Å². The van der Waals surface area contributed by atoms with Crippen LogP contribution in [0.1, 0.15) is 81.9 Å². The van der Waals surface area contributed by atoms with Gasteiger partial charge in [-0.25, -0.2) is 8.78 Å². The van der Waals surface area contributed by atoms with Gasteiger partial charge in [-0.2, -0.15) is 0 Å². The van der Waals surface area contributed by atoms with Crippen molar-refractivity contribution in [2.45, 2.75) is 82.8 Å². The molecular formula is C31H36F2N4O4. The molecule has 1 saturated carbocycles. The van der Waals surface area contributed by atoms with E-state index in [2.05, 4.69) is 20.0 Å². The molecule has 0 radical (unpaired) electrons. The SMILES string of the molecule is CC1(O)CCC(N2CC(CC(=O)CC(C)(C)c3cnccn3)(CC(=O)c3cc(-c4ccc(F)cc4F)on3)C2)CC1. The van der Waals surface area contributed by atoms with E-state index in [4.69, 9.17) is 4.52 Å². The number of Topliss-reactive ketones (excluding diaryl/α,β-unsaturated/α-hetero) is 2. The summed E-state index contributed by atoms with van der Waals surface area (Å²) in [6, 6.07) is 4.76. The van der Waals surface area contributed by atoms with Crippen molar-refractivity contribution in [3.8, 4) is 11.3 Å². The summed E-state index contributed by atoms with van der Waals surface area (Å²) in [4.78, 5) is 37.7. The number of hydrogen-bond acceptors (Lipinski definition) is 8. The predicted octanol–water partition coefficient (Wildman–Crippen LogP) is 5.31. The van der Waals surface area contributed by atoms with Crippen LogP contribution in [0.2, 0.25) is 0 Å². The molecule has 0 bridgehead atoms. The van der Waals surface area contributed by atoms with Crippen LogP contribution < -0.4 is 0 Å². The lowest BCUT2D eigenvalue weighted by Crippen LogP contribution is -2.62. The molecule has 5 rings (SSSR count). The van der Waals surface area contributed by atoms with Gasteiger partial charge >= 0.3 is 0 Å². The molecule has 8 nitrogen and oxygen atoms in total. The Labute approximate surface area is 238 Å². The maximum Gasteiger partial charge on any atom is 0.185 e. The number of ketones is 2. The van der Waals surface area contributed by atoms with Crippen LogP contribution in [-0.2, 0) is 10.2 Å². The summed E-state index contributed by atoms with van der Waals surface area (Å²) >= 11 is 0. The normalized spacial score (nSPS) is 22.7. The fourth-order valence-electron chi connectivity index (χ4n) is 6.32. The van der Waals surface area contributed by atoms with Crippen LogP contribution in [-0.4, -0.2) is 61.4 Å². The quantitative estimate of drug-likeness (QED) is 0.329. The molecule has 0 unspecified atom stereocenters. The zero-order valence-electron chi connectivity index (χ0n) is 23.7. The number of carbonyl (C=O) groups excluding carboxylic acids is 2. The highest BCUT2D eigenvalue weighted by Gasteiger charge is 2.49. The summed E-state index contributed by atoms with van der Waals surface area (Å²) in [5.41, 5.74) is -0.960. The molecule has 10 heteroatoms. The lowest BCUT2D eigenvalue weighted by Gasteiger charge is -2.54. The van der Waals surface area contributed by atoms with E-state index in [1.54, 1.807) is 18.6 Å². The van der Waals surface area contributed by atoms with Crippen molar-refractivity contribution in [3.63, 3.8) is 0 Å². The fourth-order valence-corrected chi connectivity index (χ4v) is 6.32. The van der Waals surface area contributed by atoms with Crippen LogP contribution in [0.15, 0.2) is 47.4 Å². The first-order valence-corrected chi connectivity index (χ1v) is 14.0. The highest BCUT2D eigenvalue weighted by molar-refractivity contribution is 5.96. The van der Waals surface area contributed by atoms with E-state index in [1.807, 2.05) is 20.8 Å². The van der Waals surface area contributed by atoms with Gasteiger partial charge in [-0.3, -0.25) is 24.5 Å². The van der Waals surface area contributed by atoms with Crippen LogP contribution in [0.5, 0.6) is 0 Å². The lowest BCUT2D eigenvalue weighted by atomic mass is 9.68. The number of aliphatic hydroxyl groups is 1. The van der Waals surface area contributed by atoms with Crippen LogP contribution in [0, 0.1) is 17.0 Å². The van der Waals surface area contributed by atoms with Crippen molar-refractivity contribution in [3.05, 3.63) is 65.9 Å². The molecule has 1 aliphatic carbocycles. The van der Waals surface area contributed by atoms with Gasteiger partial charge in [0, 0.05) is 79.9 Å². The number of halogens is 2. The van der Waals surface area contributed by atoms with Crippen LogP contribution in [0.3, 0.4) is 0 Å². The third-order valence-electron chi connectivity index (χ3n) is 8.62. The monoisotopic (exact) mass is 566 g/mol. The van der Waals surface area contributed by atoms with E-state index in [1.165, 1.54) is 12.1 Å². The van der Waals surface area contributed by atoms with E-state index in [0.29, 0.717) is 32.0 Å². The second-order valence-corrected chi connectivity index (χ2v) is 12.8. The summed E-state index contributed by atoms with van der Waals surface area (Å²) in [5, 5.41) is 14.2. The highest BCUT2D eigenvalue weighted by atomic mass is 19.1. The topological polar surface area (TPSA) is 109 Å². The number of carbonyl (C=O) groups is 2. The molecule has 3 aromatic rings. The average Bonchev–Trinajstić information content (AvgIpc) is 3.37. The van der Waals surface area contributed by atoms with Gasteiger partial charge in [0.25, 0.3) is 0 Å².